The number of amides is 2. The van der Waals surface area contributed by atoms with E-state index in [9.17, 15) is 13.2 Å². The van der Waals surface area contributed by atoms with Gasteiger partial charge in [0, 0.05) is 12.3 Å². The topological polar surface area (TPSA) is 75.3 Å². The fourth-order valence-electron chi connectivity index (χ4n) is 2.69. The molecule has 0 bridgehead atoms. The highest BCUT2D eigenvalue weighted by molar-refractivity contribution is 7.90. The van der Waals surface area contributed by atoms with Crippen LogP contribution in [0.5, 0.6) is 0 Å². The zero-order valence-corrected chi connectivity index (χ0v) is 14.3. The van der Waals surface area contributed by atoms with Crippen molar-refractivity contribution in [1.82, 2.24) is 5.32 Å². The number of urea groups is 1. The van der Waals surface area contributed by atoms with Crippen LogP contribution in [-0.4, -0.2) is 26.7 Å². The quantitative estimate of drug-likeness (QED) is 0.881. The molecule has 0 aliphatic heterocycles. The van der Waals surface area contributed by atoms with Gasteiger partial charge in [-0.2, -0.15) is 0 Å². The number of sulfone groups is 1. The zero-order valence-electron chi connectivity index (χ0n) is 12.7. The first-order valence-electron chi connectivity index (χ1n) is 7.34. The standard InChI is InChI=1S/C15H21ClN2O3S/c1-10-5-3-4-6-13(10)17-15(19)18-14-9-11(22(2,20)21)7-8-12(14)16/h7-10,13H,3-6H2,1-2H3,(H2,17,18,19)/t10-,13+/m1/s1. The van der Waals surface area contributed by atoms with E-state index >= 15 is 0 Å². The summed E-state index contributed by atoms with van der Waals surface area (Å²) in [5, 5.41) is 5.89. The number of hydrogen-bond acceptors (Lipinski definition) is 3. The molecule has 1 fully saturated rings. The van der Waals surface area contributed by atoms with Gasteiger partial charge in [0.2, 0.25) is 0 Å². The Hall–Kier alpha value is -1.27. The normalized spacial score (nSPS) is 22.1. The van der Waals surface area contributed by atoms with Crippen LogP contribution in [0.1, 0.15) is 32.6 Å². The van der Waals surface area contributed by atoms with Crippen molar-refractivity contribution in [3.63, 3.8) is 0 Å². The maximum absolute atomic E-state index is 12.1. The Morgan fingerprint density at radius 2 is 1.95 bits per heavy atom. The number of hydrogen-bond donors (Lipinski definition) is 2. The van der Waals surface area contributed by atoms with Crippen molar-refractivity contribution in [1.29, 1.82) is 0 Å². The summed E-state index contributed by atoms with van der Waals surface area (Å²) in [5.74, 6) is 0.442. The summed E-state index contributed by atoms with van der Waals surface area (Å²) in [5.41, 5.74) is 0.297. The first-order chi connectivity index (χ1) is 10.3. The van der Waals surface area contributed by atoms with Gasteiger partial charge in [0.25, 0.3) is 0 Å². The highest BCUT2D eigenvalue weighted by Crippen LogP contribution is 2.26. The predicted molar refractivity (Wildman–Crippen MR) is 88.1 cm³/mol. The van der Waals surface area contributed by atoms with E-state index in [1.165, 1.54) is 24.6 Å². The summed E-state index contributed by atoms with van der Waals surface area (Å²) >= 11 is 6.02. The van der Waals surface area contributed by atoms with Crippen molar-refractivity contribution >= 4 is 33.2 Å². The molecule has 5 nitrogen and oxygen atoms in total. The summed E-state index contributed by atoms with van der Waals surface area (Å²) < 4.78 is 23.1. The third kappa shape index (κ3) is 4.36. The first kappa shape index (κ1) is 17.1. The highest BCUT2D eigenvalue weighted by atomic mass is 35.5. The van der Waals surface area contributed by atoms with Gasteiger partial charge in [0.05, 0.1) is 15.6 Å². The third-order valence-corrected chi connectivity index (χ3v) is 5.48. The first-order valence-corrected chi connectivity index (χ1v) is 9.61. The van der Waals surface area contributed by atoms with Crippen LogP contribution in [0.25, 0.3) is 0 Å². The Morgan fingerprint density at radius 3 is 2.59 bits per heavy atom. The molecule has 2 N–H and O–H groups in total. The molecule has 7 heteroatoms. The molecule has 0 heterocycles. The van der Waals surface area contributed by atoms with Gasteiger partial charge in [-0.05, 0) is 37.0 Å². The lowest BCUT2D eigenvalue weighted by atomic mass is 9.86. The van der Waals surface area contributed by atoms with Crippen LogP contribution in [0.15, 0.2) is 23.1 Å². The van der Waals surface area contributed by atoms with Crippen LogP contribution in [-0.2, 0) is 9.84 Å². The fraction of sp³-hybridized carbons (Fsp3) is 0.533. The second kappa shape index (κ2) is 6.87. The third-order valence-electron chi connectivity index (χ3n) is 4.04. The van der Waals surface area contributed by atoms with Gasteiger partial charge < -0.3 is 10.6 Å². The molecule has 1 aromatic rings. The van der Waals surface area contributed by atoms with Crippen molar-refractivity contribution in [2.45, 2.75) is 43.5 Å². The van der Waals surface area contributed by atoms with Crippen LogP contribution >= 0.6 is 11.6 Å². The van der Waals surface area contributed by atoms with Gasteiger partial charge >= 0.3 is 6.03 Å². The molecule has 1 saturated carbocycles. The van der Waals surface area contributed by atoms with E-state index in [1.807, 2.05) is 0 Å². The molecule has 0 aromatic heterocycles. The summed E-state index contributed by atoms with van der Waals surface area (Å²) in [6.45, 7) is 2.13. The minimum absolute atomic E-state index is 0.123. The molecule has 0 saturated heterocycles. The molecule has 0 radical (unpaired) electrons. The second-order valence-electron chi connectivity index (χ2n) is 5.88. The maximum atomic E-state index is 12.1. The lowest BCUT2D eigenvalue weighted by Crippen LogP contribution is -2.43. The van der Waals surface area contributed by atoms with E-state index < -0.39 is 9.84 Å². The van der Waals surface area contributed by atoms with Crippen molar-refractivity contribution in [2.24, 2.45) is 5.92 Å². The van der Waals surface area contributed by atoms with Gasteiger partial charge in [-0.3, -0.25) is 0 Å². The van der Waals surface area contributed by atoms with Gasteiger partial charge in [0.15, 0.2) is 9.84 Å². The summed E-state index contributed by atoms with van der Waals surface area (Å²) in [7, 11) is -3.34. The Balaban J connectivity index is 2.08. The van der Waals surface area contributed by atoms with Crippen molar-refractivity contribution in [3.8, 4) is 0 Å². The van der Waals surface area contributed by atoms with Gasteiger partial charge in [-0.1, -0.05) is 31.4 Å². The molecule has 1 aliphatic carbocycles. The number of halogens is 1. The van der Waals surface area contributed by atoms with Crippen molar-refractivity contribution < 1.29 is 13.2 Å². The van der Waals surface area contributed by atoms with Gasteiger partial charge in [0.1, 0.15) is 0 Å². The van der Waals surface area contributed by atoms with Crippen molar-refractivity contribution in [2.75, 3.05) is 11.6 Å². The Kier molecular flexibility index (Phi) is 5.34. The highest BCUT2D eigenvalue weighted by Gasteiger charge is 2.23. The van der Waals surface area contributed by atoms with E-state index in [-0.39, 0.29) is 17.0 Å². The number of nitrogens with one attached hydrogen (secondary N) is 2. The number of carbonyl (C=O) groups excluding carboxylic acids is 1. The van der Waals surface area contributed by atoms with Crippen LogP contribution in [0.4, 0.5) is 10.5 Å². The molecule has 22 heavy (non-hydrogen) atoms. The molecule has 2 rings (SSSR count). The van der Waals surface area contributed by atoms with Crippen LogP contribution < -0.4 is 10.6 Å². The smallest absolute Gasteiger partial charge is 0.319 e. The van der Waals surface area contributed by atoms with Crippen molar-refractivity contribution in [3.05, 3.63) is 23.2 Å². The summed E-state index contributed by atoms with van der Waals surface area (Å²) in [6.07, 6.45) is 5.49. The number of carbonyl (C=O) groups is 1. The van der Waals surface area contributed by atoms with E-state index in [0.29, 0.717) is 16.6 Å². The Bertz CT molecular complexity index is 661. The average molecular weight is 345 g/mol. The second-order valence-corrected chi connectivity index (χ2v) is 8.30. The molecule has 0 spiro atoms. The van der Waals surface area contributed by atoms with E-state index in [0.717, 1.165) is 25.5 Å². The fourth-order valence-corrected chi connectivity index (χ4v) is 3.50. The molecule has 122 valence electrons. The van der Waals surface area contributed by atoms with Crippen LogP contribution in [0.2, 0.25) is 5.02 Å². The van der Waals surface area contributed by atoms with E-state index in [4.69, 9.17) is 11.6 Å². The van der Waals surface area contributed by atoms with E-state index in [1.54, 1.807) is 0 Å². The molecule has 0 unspecified atom stereocenters. The largest absolute Gasteiger partial charge is 0.335 e. The lowest BCUT2D eigenvalue weighted by molar-refractivity contribution is 0.232. The Labute approximate surface area is 136 Å². The SMILES string of the molecule is C[C@@H]1CCCC[C@@H]1NC(=O)Nc1cc(S(C)(=O)=O)ccc1Cl. The van der Waals surface area contributed by atoms with Gasteiger partial charge in [-0.25, -0.2) is 13.2 Å². The Morgan fingerprint density at radius 1 is 1.27 bits per heavy atom. The molecule has 2 amide bonds. The predicted octanol–water partition coefficient (Wildman–Crippen LogP) is 3.44. The number of benzene rings is 1. The summed E-state index contributed by atoms with van der Waals surface area (Å²) in [6, 6.07) is 4.05. The molecular weight excluding hydrogens is 324 g/mol. The molecular formula is C15H21ClN2O3S. The summed E-state index contributed by atoms with van der Waals surface area (Å²) in [4.78, 5) is 12.2. The van der Waals surface area contributed by atoms with Gasteiger partial charge in [-0.15, -0.1) is 0 Å². The minimum atomic E-state index is -3.34. The molecule has 2 atom stereocenters. The number of anilines is 1. The average Bonchev–Trinajstić information content (AvgIpc) is 2.42. The van der Waals surface area contributed by atoms with Crippen LogP contribution in [0.3, 0.4) is 0 Å². The maximum Gasteiger partial charge on any atom is 0.319 e. The number of rotatable bonds is 3. The van der Waals surface area contributed by atoms with Crippen LogP contribution in [0, 0.1) is 5.92 Å². The zero-order chi connectivity index (χ0) is 16.3. The minimum Gasteiger partial charge on any atom is -0.335 e. The van der Waals surface area contributed by atoms with E-state index in [2.05, 4.69) is 17.6 Å². The molecule has 1 aliphatic rings. The lowest BCUT2D eigenvalue weighted by Gasteiger charge is -2.29. The monoisotopic (exact) mass is 344 g/mol. The molecule has 1 aromatic carbocycles.